The van der Waals surface area contributed by atoms with Gasteiger partial charge in [0.1, 0.15) is 5.69 Å². The molecule has 82 valence electrons. The van der Waals surface area contributed by atoms with E-state index in [2.05, 4.69) is 16.9 Å². The van der Waals surface area contributed by atoms with E-state index in [1.165, 1.54) is 19.5 Å². The first-order valence-corrected chi connectivity index (χ1v) is 5.09. The number of hydrogen-bond acceptors (Lipinski definition) is 4. The molecule has 0 aliphatic rings. The molecule has 0 amide bonds. The highest BCUT2D eigenvalue weighted by molar-refractivity contribution is 5.95. The van der Waals surface area contributed by atoms with Crippen molar-refractivity contribution in [3.05, 3.63) is 18.1 Å². The van der Waals surface area contributed by atoms with E-state index in [-0.39, 0.29) is 11.7 Å². The summed E-state index contributed by atoms with van der Waals surface area (Å²) in [6, 6.07) is 0. The number of carbonyl (C=O) groups is 1. The van der Waals surface area contributed by atoms with Gasteiger partial charge >= 0.3 is 0 Å². The van der Waals surface area contributed by atoms with Crippen LogP contribution < -0.4 is 4.74 Å². The van der Waals surface area contributed by atoms with Crippen LogP contribution in [-0.4, -0.2) is 22.9 Å². The molecule has 4 heteroatoms. The number of methoxy groups -OCH3 is 1. The monoisotopic (exact) mass is 208 g/mol. The van der Waals surface area contributed by atoms with Crippen LogP contribution in [0, 0.1) is 5.92 Å². The van der Waals surface area contributed by atoms with Gasteiger partial charge in [0.05, 0.1) is 19.5 Å². The van der Waals surface area contributed by atoms with Crippen LogP contribution in [0.1, 0.15) is 37.2 Å². The lowest BCUT2D eigenvalue weighted by molar-refractivity contribution is 0.0917. The SMILES string of the molecule is CCCC(C)C(=O)c1cncc(OC)n1. The van der Waals surface area contributed by atoms with E-state index in [4.69, 9.17) is 4.74 Å². The smallest absolute Gasteiger partial charge is 0.232 e. The number of carbonyl (C=O) groups excluding carboxylic acids is 1. The zero-order chi connectivity index (χ0) is 11.3. The quantitative estimate of drug-likeness (QED) is 0.695. The molecule has 0 aromatic carbocycles. The van der Waals surface area contributed by atoms with Crippen molar-refractivity contribution in [3.63, 3.8) is 0 Å². The van der Waals surface area contributed by atoms with E-state index in [1.54, 1.807) is 0 Å². The van der Waals surface area contributed by atoms with Gasteiger partial charge < -0.3 is 4.74 Å². The molecule has 0 N–H and O–H groups in total. The molecule has 0 saturated heterocycles. The second-order valence-corrected chi connectivity index (χ2v) is 3.50. The predicted molar refractivity (Wildman–Crippen MR) is 57.0 cm³/mol. The molecule has 0 aliphatic heterocycles. The van der Waals surface area contributed by atoms with Gasteiger partial charge in [0, 0.05) is 5.92 Å². The first kappa shape index (κ1) is 11.6. The van der Waals surface area contributed by atoms with Gasteiger partial charge in [0.15, 0.2) is 5.78 Å². The number of Topliss-reactive ketones (excluding diaryl/α,β-unsaturated/α-hetero) is 1. The fraction of sp³-hybridized carbons (Fsp3) is 0.545. The fourth-order valence-electron chi connectivity index (χ4n) is 1.38. The van der Waals surface area contributed by atoms with Crippen molar-refractivity contribution < 1.29 is 9.53 Å². The fourth-order valence-corrected chi connectivity index (χ4v) is 1.38. The summed E-state index contributed by atoms with van der Waals surface area (Å²) in [5.74, 6) is 0.407. The molecule has 0 saturated carbocycles. The number of ketones is 1. The maximum absolute atomic E-state index is 11.8. The molecule has 0 radical (unpaired) electrons. The van der Waals surface area contributed by atoms with Crippen LogP contribution in [0.2, 0.25) is 0 Å². The molecule has 0 spiro atoms. The summed E-state index contributed by atoms with van der Waals surface area (Å²) in [6.45, 7) is 3.97. The maximum Gasteiger partial charge on any atom is 0.232 e. The highest BCUT2D eigenvalue weighted by Crippen LogP contribution is 2.13. The molecule has 1 heterocycles. The molecular formula is C11H16N2O2. The predicted octanol–water partition coefficient (Wildman–Crippen LogP) is 2.10. The Bertz CT molecular complexity index is 339. The average Bonchev–Trinajstić information content (AvgIpc) is 2.28. The summed E-state index contributed by atoms with van der Waals surface area (Å²) in [7, 11) is 1.51. The van der Waals surface area contributed by atoms with E-state index in [9.17, 15) is 4.79 Å². The Morgan fingerprint density at radius 3 is 2.87 bits per heavy atom. The third-order valence-electron chi connectivity index (χ3n) is 2.24. The molecule has 1 aromatic heterocycles. The van der Waals surface area contributed by atoms with Crippen LogP contribution in [0.4, 0.5) is 0 Å². The van der Waals surface area contributed by atoms with Crippen molar-refractivity contribution >= 4 is 5.78 Å². The first-order chi connectivity index (χ1) is 7.19. The maximum atomic E-state index is 11.8. The van der Waals surface area contributed by atoms with Gasteiger partial charge in [-0.3, -0.25) is 9.78 Å². The highest BCUT2D eigenvalue weighted by atomic mass is 16.5. The molecule has 1 atom stereocenters. The van der Waals surface area contributed by atoms with Gasteiger partial charge in [-0.15, -0.1) is 0 Å². The normalized spacial score (nSPS) is 12.2. The number of ether oxygens (including phenoxy) is 1. The minimum Gasteiger partial charge on any atom is -0.480 e. The Morgan fingerprint density at radius 2 is 2.27 bits per heavy atom. The van der Waals surface area contributed by atoms with Gasteiger partial charge in [-0.1, -0.05) is 20.3 Å². The lowest BCUT2D eigenvalue weighted by atomic mass is 9.99. The summed E-state index contributed by atoms with van der Waals surface area (Å²) in [4.78, 5) is 19.8. The van der Waals surface area contributed by atoms with Crippen LogP contribution in [-0.2, 0) is 0 Å². The van der Waals surface area contributed by atoms with Gasteiger partial charge in [-0.25, -0.2) is 4.98 Å². The Hall–Kier alpha value is -1.45. The van der Waals surface area contributed by atoms with Gasteiger partial charge in [-0.05, 0) is 6.42 Å². The molecule has 4 nitrogen and oxygen atoms in total. The molecule has 1 unspecified atom stereocenters. The molecule has 1 rings (SSSR count). The first-order valence-electron chi connectivity index (χ1n) is 5.09. The topological polar surface area (TPSA) is 52.1 Å². The summed E-state index contributed by atoms with van der Waals surface area (Å²) in [5.41, 5.74) is 0.385. The summed E-state index contributed by atoms with van der Waals surface area (Å²) >= 11 is 0. The molecule has 0 aliphatic carbocycles. The Morgan fingerprint density at radius 1 is 1.53 bits per heavy atom. The van der Waals surface area contributed by atoms with Crippen LogP contribution in [0.5, 0.6) is 5.88 Å². The largest absolute Gasteiger partial charge is 0.480 e. The van der Waals surface area contributed by atoms with Crippen LogP contribution in [0.3, 0.4) is 0 Å². The molecule has 15 heavy (non-hydrogen) atoms. The Labute approximate surface area is 89.7 Å². The van der Waals surface area contributed by atoms with E-state index in [1.807, 2.05) is 6.92 Å². The third-order valence-corrected chi connectivity index (χ3v) is 2.24. The minimum atomic E-state index is -0.00333. The van der Waals surface area contributed by atoms with Gasteiger partial charge in [0.25, 0.3) is 0 Å². The lowest BCUT2D eigenvalue weighted by Gasteiger charge is -2.08. The van der Waals surface area contributed by atoms with Crippen molar-refractivity contribution in [2.45, 2.75) is 26.7 Å². The molecule has 0 fully saturated rings. The lowest BCUT2D eigenvalue weighted by Crippen LogP contribution is -2.13. The van der Waals surface area contributed by atoms with Crippen molar-refractivity contribution in [2.75, 3.05) is 7.11 Å². The standard InChI is InChI=1S/C11H16N2O2/c1-4-5-8(2)11(14)9-6-12-7-10(13-9)15-3/h6-8H,4-5H2,1-3H3. The van der Waals surface area contributed by atoms with Crippen molar-refractivity contribution in [1.82, 2.24) is 9.97 Å². The summed E-state index contributed by atoms with van der Waals surface area (Å²) in [5, 5.41) is 0. The van der Waals surface area contributed by atoms with E-state index < -0.39 is 0 Å². The third kappa shape index (κ3) is 3.01. The number of nitrogens with zero attached hydrogens (tertiary/aromatic N) is 2. The number of aromatic nitrogens is 2. The summed E-state index contributed by atoms with van der Waals surface area (Å²) < 4.78 is 4.92. The van der Waals surface area contributed by atoms with E-state index in [0.717, 1.165) is 12.8 Å². The Balaban J connectivity index is 2.81. The zero-order valence-electron chi connectivity index (χ0n) is 9.36. The van der Waals surface area contributed by atoms with Crippen molar-refractivity contribution in [1.29, 1.82) is 0 Å². The second kappa shape index (κ2) is 5.44. The summed E-state index contributed by atoms with van der Waals surface area (Å²) in [6.07, 6.45) is 4.83. The molecule has 0 bridgehead atoms. The Kier molecular flexibility index (Phi) is 4.21. The van der Waals surface area contributed by atoms with Crippen LogP contribution in [0.25, 0.3) is 0 Å². The van der Waals surface area contributed by atoms with Crippen LogP contribution in [0.15, 0.2) is 12.4 Å². The number of hydrogen-bond donors (Lipinski definition) is 0. The second-order valence-electron chi connectivity index (χ2n) is 3.50. The average molecular weight is 208 g/mol. The molecular weight excluding hydrogens is 192 g/mol. The highest BCUT2D eigenvalue weighted by Gasteiger charge is 2.16. The zero-order valence-corrected chi connectivity index (χ0v) is 9.36. The van der Waals surface area contributed by atoms with Gasteiger partial charge in [0.2, 0.25) is 5.88 Å². The minimum absolute atomic E-state index is 0.00333. The van der Waals surface area contributed by atoms with Crippen molar-refractivity contribution in [2.24, 2.45) is 5.92 Å². The van der Waals surface area contributed by atoms with Gasteiger partial charge in [-0.2, -0.15) is 0 Å². The van der Waals surface area contributed by atoms with Crippen LogP contribution >= 0.6 is 0 Å². The van der Waals surface area contributed by atoms with E-state index in [0.29, 0.717) is 11.6 Å². The number of rotatable bonds is 5. The molecule has 1 aromatic rings. The van der Waals surface area contributed by atoms with E-state index >= 15 is 0 Å². The van der Waals surface area contributed by atoms with Crippen molar-refractivity contribution in [3.8, 4) is 5.88 Å².